The summed E-state index contributed by atoms with van der Waals surface area (Å²) in [5.41, 5.74) is 0.833. The second kappa shape index (κ2) is 6.83. The van der Waals surface area contributed by atoms with Crippen molar-refractivity contribution in [2.45, 2.75) is 19.9 Å². The highest BCUT2D eigenvalue weighted by atomic mass is 19.3. The van der Waals surface area contributed by atoms with E-state index in [0.717, 1.165) is 10.5 Å². The van der Waals surface area contributed by atoms with Crippen LogP contribution in [0.5, 0.6) is 0 Å². The smallest absolute Gasteiger partial charge is 0.317 e. The summed E-state index contributed by atoms with van der Waals surface area (Å²) in [4.78, 5) is 12.7. The molecule has 1 aromatic carbocycles. The van der Waals surface area contributed by atoms with Gasteiger partial charge in [0.05, 0.1) is 6.54 Å². The Labute approximate surface area is 99.4 Å². The molecule has 1 N–H and O–H groups in total. The highest BCUT2D eigenvalue weighted by molar-refractivity contribution is 5.74. The predicted molar refractivity (Wildman–Crippen MR) is 61.9 cm³/mol. The number of alkyl halides is 2. The van der Waals surface area contributed by atoms with Gasteiger partial charge in [0.1, 0.15) is 0 Å². The van der Waals surface area contributed by atoms with Crippen LogP contribution in [0.4, 0.5) is 13.6 Å². The first kappa shape index (κ1) is 13.4. The molecule has 0 spiro atoms. The number of hydrogen-bond donors (Lipinski definition) is 1. The number of amides is 2. The Morgan fingerprint density at radius 1 is 1.35 bits per heavy atom. The van der Waals surface area contributed by atoms with Gasteiger partial charge in [0.15, 0.2) is 0 Å². The largest absolute Gasteiger partial charge is 0.338 e. The second-order valence-electron chi connectivity index (χ2n) is 3.59. The summed E-state index contributed by atoms with van der Waals surface area (Å²) in [6.07, 6.45) is -2.53. The van der Waals surface area contributed by atoms with Gasteiger partial charge in [0.25, 0.3) is 6.43 Å². The fourth-order valence-electron chi connectivity index (χ4n) is 1.45. The number of nitrogens with one attached hydrogen (secondary N) is 1. The zero-order chi connectivity index (χ0) is 12.7. The average Bonchev–Trinajstić information content (AvgIpc) is 2.29. The molecule has 0 saturated carbocycles. The summed E-state index contributed by atoms with van der Waals surface area (Å²) in [6.45, 7) is 1.81. The standard InChI is InChI=1S/C12H16F2N2O/c1-2-15-12(17)16(9-11(13)14)8-10-6-4-3-5-7-10/h3-7,11H,2,8-9H2,1H3,(H,15,17). The molecular formula is C12H16F2N2O. The molecule has 0 radical (unpaired) electrons. The van der Waals surface area contributed by atoms with Crippen LogP contribution >= 0.6 is 0 Å². The monoisotopic (exact) mass is 242 g/mol. The topological polar surface area (TPSA) is 32.3 Å². The minimum absolute atomic E-state index is 0.191. The fourth-order valence-corrected chi connectivity index (χ4v) is 1.45. The number of carbonyl (C=O) groups excluding carboxylic acids is 1. The van der Waals surface area contributed by atoms with Crippen molar-refractivity contribution in [2.75, 3.05) is 13.1 Å². The van der Waals surface area contributed by atoms with Gasteiger partial charge in [0, 0.05) is 13.1 Å². The Kier molecular flexibility index (Phi) is 5.39. The van der Waals surface area contributed by atoms with E-state index in [1.54, 1.807) is 19.1 Å². The van der Waals surface area contributed by atoms with Gasteiger partial charge >= 0.3 is 6.03 Å². The Morgan fingerprint density at radius 3 is 2.53 bits per heavy atom. The molecule has 0 aliphatic heterocycles. The lowest BCUT2D eigenvalue weighted by Gasteiger charge is -2.22. The quantitative estimate of drug-likeness (QED) is 0.845. The van der Waals surface area contributed by atoms with E-state index in [0.29, 0.717) is 6.54 Å². The van der Waals surface area contributed by atoms with Crippen LogP contribution in [0.3, 0.4) is 0 Å². The third-order valence-electron chi connectivity index (χ3n) is 2.19. The molecule has 2 amide bonds. The molecule has 1 aromatic rings. The first-order valence-corrected chi connectivity index (χ1v) is 5.48. The van der Waals surface area contributed by atoms with Gasteiger partial charge in [-0.15, -0.1) is 0 Å². The van der Waals surface area contributed by atoms with Gasteiger partial charge < -0.3 is 10.2 Å². The van der Waals surface area contributed by atoms with Crippen molar-refractivity contribution in [3.05, 3.63) is 35.9 Å². The highest BCUT2D eigenvalue weighted by Gasteiger charge is 2.17. The lowest BCUT2D eigenvalue weighted by atomic mass is 10.2. The van der Waals surface area contributed by atoms with Gasteiger partial charge in [-0.2, -0.15) is 0 Å². The van der Waals surface area contributed by atoms with E-state index in [1.165, 1.54) is 0 Å². The van der Waals surface area contributed by atoms with E-state index in [4.69, 9.17) is 0 Å². The average molecular weight is 242 g/mol. The summed E-state index contributed by atoms with van der Waals surface area (Å²) in [5.74, 6) is 0. The number of carbonyl (C=O) groups is 1. The van der Waals surface area contributed by atoms with Gasteiger partial charge in [-0.25, -0.2) is 13.6 Å². The normalized spacial score (nSPS) is 10.4. The first-order valence-electron chi connectivity index (χ1n) is 5.48. The van der Waals surface area contributed by atoms with E-state index in [-0.39, 0.29) is 6.54 Å². The van der Waals surface area contributed by atoms with Crippen molar-refractivity contribution in [1.82, 2.24) is 10.2 Å². The minimum Gasteiger partial charge on any atom is -0.338 e. The molecule has 94 valence electrons. The third-order valence-corrected chi connectivity index (χ3v) is 2.19. The molecule has 3 nitrogen and oxygen atoms in total. The molecule has 17 heavy (non-hydrogen) atoms. The van der Waals surface area contributed by atoms with Crippen molar-refractivity contribution >= 4 is 6.03 Å². The van der Waals surface area contributed by atoms with E-state index < -0.39 is 19.0 Å². The third kappa shape index (κ3) is 4.80. The number of rotatable bonds is 5. The van der Waals surface area contributed by atoms with E-state index in [2.05, 4.69) is 5.32 Å². The Hall–Kier alpha value is -1.65. The summed E-state index contributed by atoms with van der Waals surface area (Å²) in [7, 11) is 0. The molecular weight excluding hydrogens is 226 g/mol. The second-order valence-corrected chi connectivity index (χ2v) is 3.59. The van der Waals surface area contributed by atoms with Crippen LogP contribution < -0.4 is 5.32 Å². The highest BCUT2D eigenvalue weighted by Crippen LogP contribution is 2.07. The lowest BCUT2D eigenvalue weighted by molar-refractivity contribution is 0.0959. The van der Waals surface area contributed by atoms with Crippen molar-refractivity contribution in [3.8, 4) is 0 Å². The zero-order valence-corrected chi connectivity index (χ0v) is 9.70. The summed E-state index contributed by atoms with van der Waals surface area (Å²) in [6, 6.07) is 8.61. The number of halogens is 2. The van der Waals surface area contributed by atoms with Crippen molar-refractivity contribution in [3.63, 3.8) is 0 Å². The van der Waals surface area contributed by atoms with Crippen molar-refractivity contribution in [2.24, 2.45) is 0 Å². The maximum Gasteiger partial charge on any atom is 0.317 e. The Bertz CT molecular complexity index is 344. The predicted octanol–water partition coefficient (Wildman–Crippen LogP) is 2.48. The van der Waals surface area contributed by atoms with Gasteiger partial charge in [-0.05, 0) is 12.5 Å². The molecule has 0 aromatic heterocycles. The zero-order valence-electron chi connectivity index (χ0n) is 9.70. The number of benzene rings is 1. The molecule has 0 saturated heterocycles. The van der Waals surface area contributed by atoms with Gasteiger partial charge in [-0.1, -0.05) is 30.3 Å². The summed E-state index contributed by atoms with van der Waals surface area (Å²) >= 11 is 0. The number of hydrogen-bond acceptors (Lipinski definition) is 1. The van der Waals surface area contributed by atoms with Crippen LogP contribution in [0.1, 0.15) is 12.5 Å². The summed E-state index contributed by atoms with van der Waals surface area (Å²) < 4.78 is 24.7. The molecule has 0 aliphatic rings. The van der Waals surface area contributed by atoms with Crippen LogP contribution in [-0.2, 0) is 6.54 Å². The first-order chi connectivity index (χ1) is 8.13. The SMILES string of the molecule is CCNC(=O)N(Cc1ccccc1)CC(F)F. The van der Waals surface area contributed by atoms with E-state index >= 15 is 0 Å². The number of urea groups is 1. The fraction of sp³-hybridized carbons (Fsp3) is 0.417. The van der Waals surface area contributed by atoms with Gasteiger partial charge in [-0.3, -0.25) is 0 Å². The van der Waals surface area contributed by atoms with Crippen LogP contribution in [0, 0.1) is 0 Å². The van der Waals surface area contributed by atoms with Crippen LogP contribution in [0.2, 0.25) is 0 Å². The maximum atomic E-state index is 12.4. The minimum atomic E-state index is -2.53. The van der Waals surface area contributed by atoms with E-state index in [1.807, 2.05) is 18.2 Å². The van der Waals surface area contributed by atoms with E-state index in [9.17, 15) is 13.6 Å². The molecule has 0 heterocycles. The van der Waals surface area contributed by atoms with Crippen molar-refractivity contribution in [1.29, 1.82) is 0 Å². The Morgan fingerprint density at radius 2 is 2.00 bits per heavy atom. The van der Waals surface area contributed by atoms with Crippen LogP contribution in [0.15, 0.2) is 30.3 Å². The number of nitrogens with zero attached hydrogens (tertiary/aromatic N) is 1. The molecule has 0 bridgehead atoms. The van der Waals surface area contributed by atoms with Crippen LogP contribution in [0.25, 0.3) is 0 Å². The Balaban J connectivity index is 2.66. The molecule has 0 aliphatic carbocycles. The molecule has 0 unspecified atom stereocenters. The van der Waals surface area contributed by atoms with Gasteiger partial charge in [0.2, 0.25) is 0 Å². The summed E-state index contributed by atoms with van der Waals surface area (Å²) in [5, 5.41) is 2.52. The molecule has 5 heteroatoms. The molecule has 0 fully saturated rings. The molecule has 0 atom stereocenters. The van der Waals surface area contributed by atoms with Crippen LogP contribution in [-0.4, -0.2) is 30.4 Å². The maximum absolute atomic E-state index is 12.4. The lowest BCUT2D eigenvalue weighted by Crippen LogP contribution is -2.41. The molecule has 1 rings (SSSR count). The van der Waals surface area contributed by atoms with Crippen molar-refractivity contribution < 1.29 is 13.6 Å².